The molecule has 0 radical (unpaired) electrons. The molecule has 24 heavy (non-hydrogen) atoms. The number of benzene rings is 1. The van der Waals surface area contributed by atoms with Crippen molar-refractivity contribution >= 4 is 12.4 Å². The minimum atomic E-state index is -0.532. The molecule has 2 rings (SSSR count). The Morgan fingerprint density at radius 1 is 1.33 bits per heavy atom. The van der Waals surface area contributed by atoms with Crippen LogP contribution in [0.3, 0.4) is 0 Å². The Labute approximate surface area is 151 Å². The molecule has 1 aromatic carbocycles. The third-order valence-electron chi connectivity index (χ3n) is 3.57. The molecule has 2 N–H and O–H groups in total. The lowest BCUT2D eigenvalue weighted by Gasteiger charge is -2.28. The second-order valence-corrected chi connectivity index (χ2v) is 7.28. The molecule has 5 nitrogen and oxygen atoms in total. The number of aliphatic hydroxyl groups excluding tert-OH is 1. The van der Waals surface area contributed by atoms with Crippen LogP contribution in [0.15, 0.2) is 12.1 Å². The summed E-state index contributed by atoms with van der Waals surface area (Å²) in [5, 5.41) is 13.2. The van der Waals surface area contributed by atoms with Crippen molar-refractivity contribution in [3.05, 3.63) is 23.3 Å². The molecule has 138 valence electrons. The van der Waals surface area contributed by atoms with E-state index in [1.807, 2.05) is 19.9 Å². The first-order valence-electron chi connectivity index (χ1n) is 8.16. The van der Waals surface area contributed by atoms with E-state index in [0.717, 1.165) is 22.6 Å². The van der Waals surface area contributed by atoms with Crippen molar-refractivity contribution in [1.82, 2.24) is 5.32 Å². The van der Waals surface area contributed by atoms with E-state index in [1.165, 1.54) is 0 Å². The molecule has 0 saturated heterocycles. The van der Waals surface area contributed by atoms with E-state index < -0.39 is 6.10 Å². The summed E-state index contributed by atoms with van der Waals surface area (Å²) in [5.41, 5.74) is 2.22. The summed E-state index contributed by atoms with van der Waals surface area (Å²) >= 11 is 0. The van der Waals surface area contributed by atoms with Crippen molar-refractivity contribution in [2.45, 2.75) is 52.4 Å². The quantitative estimate of drug-likeness (QED) is 0.817. The van der Waals surface area contributed by atoms with Crippen LogP contribution >= 0.6 is 12.4 Å². The number of rotatable bonds is 6. The van der Waals surface area contributed by atoms with Crippen molar-refractivity contribution < 1.29 is 19.3 Å². The number of nitrogens with one attached hydrogen (secondary N) is 1. The van der Waals surface area contributed by atoms with Gasteiger partial charge < -0.3 is 24.6 Å². The molecule has 0 bridgehead atoms. The maximum atomic E-state index is 9.91. The van der Waals surface area contributed by atoms with E-state index in [9.17, 15) is 5.11 Å². The van der Waals surface area contributed by atoms with Gasteiger partial charge >= 0.3 is 0 Å². The summed E-state index contributed by atoms with van der Waals surface area (Å²) < 4.78 is 17.3. The number of β-amino-alcohol motifs (C(OH)–C–C–N with tert-alkyl or cyclic N) is 1. The molecule has 1 heterocycles. The van der Waals surface area contributed by atoms with E-state index in [0.29, 0.717) is 19.8 Å². The maximum Gasteiger partial charge on any atom is 0.164 e. The van der Waals surface area contributed by atoms with Crippen molar-refractivity contribution in [3.63, 3.8) is 0 Å². The molecule has 6 heteroatoms. The molecular formula is C18H30ClNO4. The standard InChI is InChI=1S/C18H29NO4.ClH/c1-12-6-13(2)17-16(7-12)23-15(11-22-17)10-21-9-14(20)8-19-18(3,4)5;/h6-7,14-15,19-20H,8-11H2,1-5H3;1H. The zero-order valence-corrected chi connectivity index (χ0v) is 16.0. The number of aryl methyl sites for hydroxylation is 2. The van der Waals surface area contributed by atoms with Crippen LogP contribution in [0, 0.1) is 13.8 Å². The van der Waals surface area contributed by atoms with Gasteiger partial charge in [-0.25, -0.2) is 0 Å². The first-order valence-corrected chi connectivity index (χ1v) is 8.16. The van der Waals surface area contributed by atoms with Crippen LogP contribution in [-0.4, -0.2) is 49.2 Å². The van der Waals surface area contributed by atoms with Gasteiger partial charge in [0, 0.05) is 12.1 Å². The molecule has 0 aromatic heterocycles. The van der Waals surface area contributed by atoms with E-state index in [-0.39, 0.29) is 30.7 Å². The highest BCUT2D eigenvalue weighted by molar-refractivity contribution is 5.85. The van der Waals surface area contributed by atoms with Gasteiger partial charge in [0.1, 0.15) is 6.61 Å². The fourth-order valence-corrected chi connectivity index (χ4v) is 2.48. The molecule has 0 fully saturated rings. The largest absolute Gasteiger partial charge is 0.485 e. The van der Waals surface area contributed by atoms with Gasteiger partial charge in [0.25, 0.3) is 0 Å². The average Bonchev–Trinajstić information content (AvgIpc) is 2.44. The van der Waals surface area contributed by atoms with Crippen LogP contribution in [0.4, 0.5) is 0 Å². The van der Waals surface area contributed by atoms with Gasteiger partial charge in [-0.1, -0.05) is 6.07 Å². The van der Waals surface area contributed by atoms with E-state index >= 15 is 0 Å². The van der Waals surface area contributed by atoms with Gasteiger partial charge in [0.2, 0.25) is 0 Å². The van der Waals surface area contributed by atoms with Crippen LogP contribution in [0.25, 0.3) is 0 Å². The lowest BCUT2D eigenvalue weighted by molar-refractivity contribution is -0.0223. The number of fused-ring (bicyclic) bond motifs is 1. The summed E-state index contributed by atoms with van der Waals surface area (Å²) in [6.07, 6.45) is -0.679. The number of ether oxygens (including phenoxy) is 3. The van der Waals surface area contributed by atoms with Crippen LogP contribution in [0.5, 0.6) is 11.5 Å². The lowest BCUT2D eigenvalue weighted by atomic mass is 10.1. The topological polar surface area (TPSA) is 60.0 Å². The Kier molecular flexibility index (Phi) is 7.80. The highest BCUT2D eigenvalue weighted by Gasteiger charge is 2.23. The monoisotopic (exact) mass is 359 g/mol. The van der Waals surface area contributed by atoms with E-state index in [4.69, 9.17) is 14.2 Å². The summed E-state index contributed by atoms with van der Waals surface area (Å²) in [7, 11) is 0. The Bertz CT molecular complexity index is 530. The summed E-state index contributed by atoms with van der Waals surface area (Å²) in [6, 6.07) is 4.06. The zero-order valence-electron chi connectivity index (χ0n) is 15.2. The Balaban J connectivity index is 0.00000288. The molecule has 0 saturated carbocycles. The normalized spacial score (nSPS) is 18.0. The van der Waals surface area contributed by atoms with Gasteiger partial charge in [0.05, 0.1) is 19.3 Å². The molecular weight excluding hydrogens is 330 g/mol. The average molecular weight is 360 g/mol. The molecule has 1 aliphatic heterocycles. The number of hydrogen-bond acceptors (Lipinski definition) is 5. The third-order valence-corrected chi connectivity index (χ3v) is 3.57. The number of halogens is 1. The summed E-state index contributed by atoms with van der Waals surface area (Å²) in [5.74, 6) is 1.60. The predicted octanol–water partition coefficient (Wildman–Crippen LogP) is 2.63. The number of hydrogen-bond donors (Lipinski definition) is 2. The molecule has 2 atom stereocenters. The molecule has 1 aromatic rings. The second kappa shape index (κ2) is 8.90. The molecule has 0 spiro atoms. The van der Waals surface area contributed by atoms with Crippen LogP contribution < -0.4 is 14.8 Å². The second-order valence-electron chi connectivity index (χ2n) is 7.28. The Hall–Kier alpha value is -1.01. The minimum Gasteiger partial charge on any atom is -0.485 e. The smallest absolute Gasteiger partial charge is 0.164 e. The van der Waals surface area contributed by atoms with Crippen molar-refractivity contribution in [2.75, 3.05) is 26.4 Å². The first kappa shape index (κ1) is 21.0. The zero-order chi connectivity index (χ0) is 17.0. The minimum absolute atomic E-state index is 0. The van der Waals surface area contributed by atoms with Crippen LogP contribution in [-0.2, 0) is 4.74 Å². The van der Waals surface area contributed by atoms with Gasteiger partial charge in [-0.05, 0) is 51.8 Å². The Morgan fingerprint density at radius 3 is 2.71 bits per heavy atom. The molecule has 0 aliphatic carbocycles. The Morgan fingerprint density at radius 2 is 2.04 bits per heavy atom. The maximum absolute atomic E-state index is 9.91. The molecule has 0 amide bonds. The third kappa shape index (κ3) is 6.48. The van der Waals surface area contributed by atoms with Crippen molar-refractivity contribution in [1.29, 1.82) is 0 Å². The van der Waals surface area contributed by atoms with Gasteiger partial charge in [-0.15, -0.1) is 12.4 Å². The van der Waals surface area contributed by atoms with E-state index in [1.54, 1.807) is 0 Å². The summed E-state index contributed by atoms with van der Waals surface area (Å²) in [4.78, 5) is 0. The van der Waals surface area contributed by atoms with Crippen LogP contribution in [0.1, 0.15) is 31.9 Å². The molecule has 2 unspecified atom stereocenters. The van der Waals surface area contributed by atoms with E-state index in [2.05, 4.69) is 32.2 Å². The van der Waals surface area contributed by atoms with Crippen molar-refractivity contribution in [3.8, 4) is 11.5 Å². The number of aliphatic hydroxyl groups is 1. The fraction of sp³-hybridized carbons (Fsp3) is 0.667. The predicted molar refractivity (Wildman–Crippen MR) is 97.7 cm³/mol. The SMILES string of the molecule is Cc1cc(C)c2c(c1)OC(COCC(O)CNC(C)(C)C)CO2.Cl. The highest BCUT2D eigenvalue weighted by atomic mass is 35.5. The fourth-order valence-electron chi connectivity index (χ4n) is 2.48. The van der Waals surface area contributed by atoms with Gasteiger partial charge in [-0.2, -0.15) is 0 Å². The van der Waals surface area contributed by atoms with Crippen LogP contribution in [0.2, 0.25) is 0 Å². The first-order chi connectivity index (χ1) is 10.7. The summed E-state index contributed by atoms with van der Waals surface area (Å²) in [6.45, 7) is 11.9. The molecule has 1 aliphatic rings. The highest BCUT2D eigenvalue weighted by Crippen LogP contribution is 2.35. The van der Waals surface area contributed by atoms with Gasteiger partial charge in [-0.3, -0.25) is 0 Å². The lowest BCUT2D eigenvalue weighted by Crippen LogP contribution is -2.42. The van der Waals surface area contributed by atoms with Crippen molar-refractivity contribution in [2.24, 2.45) is 0 Å². The van der Waals surface area contributed by atoms with Gasteiger partial charge in [0.15, 0.2) is 17.6 Å².